The molecule has 126 valence electrons. The molecule has 4 heteroatoms. The highest BCUT2D eigenvalue weighted by atomic mass is 35.5. The average molecular weight is 352 g/mol. The van der Waals surface area contributed by atoms with Crippen LogP contribution in [0.1, 0.15) is 29.5 Å². The van der Waals surface area contributed by atoms with Crippen molar-refractivity contribution in [2.75, 3.05) is 5.32 Å². The maximum atomic E-state index is 12.2. The lowest BCUT2D eigenvalue weighted by Gasteiger charge is -2.19. The van der Waals surface area contributed by atoms with E-state index in [9.17, 15) is 9.59 Å². The molecule has 0 saturated heterocycles. The molecule has 25 heavy (non-hydrogen) atoms. The first-order valence-electron chi connectivity index (χ1n) is 8.53. The summed E-state index contributed by atoms with van der Waals surface area (Å²) in [5.74, 6) is 0. The normalized spacial score (nSPS) is 13.7. The maximum absolute atomic E-state index is 12.2. The second kappa shape index (κ2) is 6.16. The second-order valence-electron chi connectivity index (χ2n) is 6.71. The van der Waals surface area contributed by atoms with Crippen LogP contribution in [0.5, 0.6) is 0 Å². The van der Waals surface area contributed by atoms with Crippen molar-refractivity contribution in [1.82, 2.24) is 0 Å². The summed E-state index contributed by atoms with van der Waals surface area (Å²) in [6.45, 7) is 1.95. The summed E-state index contributed by atoms with van der Waals surface area (Å²) < 4.78 is 0. The van der Waals surface area contributed by atoms with E-state index in [0.29, 0.717) is 22.0 Å². The average Bonchev–Trinajstić information content (AvgIpc) is 2.62. The lowest BCUT2D eigenvalue weighted by molar-refractivity contribution is 0.686. The molecule has 0 aromatic heterocycles. The van der Waals surface area contributed by atoms with Crippen LogP contribution >= 0.6 is 11.6 Å². The first kappa shape index (κ1) is 16.1. The number of anilines is 2. The predicted octanol–water partition coefficient (Wildman–Crippen LogP) is 4.53. The minimum Gasteiger partial charge on any atom is -0.350 e. The van der Waals surface area contributed by atoms with Crippen molar-refractivity contribution < 1.29 is 0 Å². The van der Waals surface area contributed by atoms with Crippen LogP contribution in [0.2, 0.25) is 5.02 Å². The van der Waals surface area contributed by atoms with Gasteiger partial charge in [-0.05, 0) is 67.0 Å². The van der Waals surface area contributed by atoms with Gasteiger partial charge in [0.2, 0.25) is 5.43 Å². The van der Waals surface area contributed by atoms with Crippen molar-refractivity contribution in [1.29, 1.82) is 0 Å². The molecule has 0 fully saturated rings. The van der Waals surface area contributed by atoms with Gasteiger partial charge in [-0.1, -0.05) is 35.9 Å². The molecule has 0 heterocycles. The monoisotopic (exact) mass is 351 g/mol. The van der Waals surface area contributed by atoms with Gasteiger partial charge in [0.25, 0.3) is 5.43 Å². The Bertz CT molecular complexity index is 1040. The SMILES string of the molecule is Cc1ccc(Nc2c(-c3ccc4c(c3)CCCC4)c(=O)c2=O)c(Cl)c1. The molecular formula is C21H18ClNO2. The number of halogens is 1. The summed E-state index contributed by atoms with van der Waals surface area (Å²) in [7, 11) is 0. The van der Waals surface area contributed by atoms with E-state index in [0.717, 1.165) is 24.0 Å². The zero-order valence-corrected chi connectivity index (χ0v) is 14.7. The Balaban J connectivity index is 1.74. The van der Waals surface area contributed by atoms with Crippen molar-refractivity contribution in [3.05, 3.63) is 78.6 Å². The molecule has 0 radical (unpaired) electrons. The van der Waals surface area contributed by atoms with E-state index in [2.05, 4.69) is 17.4 Å². The molecule has 4 rings (SSSR count). The zero-order valence-electron chi connectivity index (χ0n) is 14.0. The molecule has 3 aromatic carbocycles. The lowest BCUT2D eigenvalue weighted by atomic mass is 9.88. The lowest BCUT2D eigenvalue weighted by Crippen LogP contribution is -2.35. The van der Waals surface area contributed by atoms with Crippen LogP contribution in [0.15, 0.2) is 46.0 Å². The van der Waals surface area contributed by atoms with Gasteiger partial charge in [0.05, 0.1) is 16.3 Å². The fraction of sp³-hybridized carbons (Fsp3) is 0.238. The zero-order chi connectivity index (χ0) is 17.6. The van der Waals surface area contributed by atoms with Gasteiger partial charge in [0.15, 0.2) is 0 Å². The maximum Gasteiger partial charge on any atom is 0.250 e. The fourth-order valence-electron chi connectivity index (χ4n) is 3.53. The molecule has 0 aliphatic heterocycles. The third kappa shape index (κ3) is 2.79. The summed E-state index contributed by atoms with van der Waals surface area (Å²) in [6.07, 6.45) is 4.51. The molecule has 1 aliphatic rings. The van der Waals surface area contributed by atoms with Gasteiger partial charge in [-0.2, -0.15) is 0 Å². The van der Waals surface area contributed by atoms with Crippen molar-refractivity contribution in [3.63, 3.8) is 0 Å². The van der Waals surface area contributed by atoms with Crippen molar-refractivity contribution in [3.8, 4) is 11.1 Å². The van der Waals surface area contributed by atoms with E-state index in [-0.39, 0.29) is 0 Å². The summed E-state index contributed by atoms with van der Waals surface area (Å²) in [4.78, 5) is 24.3. The summed E-state index contributed by atoms with van der Waals surface area (Å²) in [5, 5.41) is 3.59. The Morgan fingerprint density at radius 3 is 2.44 bits per heavy atom. The quantitative estimate of drug-likeness (QED) is 0.705. The van der Waals surface area contributed by atoms with E-state index in [1.807, 2.05) is 31.2 Å². The number of benzene rings is 2. The number of hydrogen-bond donors (Lipinski definition) is 1. The molecule has 0 bridgehead atoms. The largest absolute Gasteiger partial charge is 0.350 e. The molecule has 0 atom stereocenters. The molecule has 0 spiro atoms. The van der Waals surface area contributed by atoms with Crippen LogP contribution < -0.4 is 16.2 Å². The molecule has 0 amide bonds. The molecule has 0 saturated carbocycles. The Hall–Kier alpha value is -2.39. The van der Waals surface area contributed by atoms with Gasteiger partial charge in [-0.15, -0.1) is 0 Å². The molecule has 3 nitrogen and oxygen atoms in total. The van der Waals surface area contributed by atoms with Gasteiger partial charge in [0, 0.05) is 0 Å². The summed E-state index contributed by atoms with van der Waals surface area (Å²) in [5.41, 5.74) is 5.03. The third-order valence-corrected chi connectivity index (χ3v) is 5.24. The van der Waals surface area contributed by atoms with Crippen LogP contribution in [0.4, 0.5) is 11.4 Å². The Kier molecular flexibility index (Phi) is 3.97. The van der Waals surface area contributed by atoms with Crippen molar-refractivity contribution in [2.45, 2.75) is 32.6 Å². The van der Waals surface area contributed by atoms with Gasteiger partial charge in [-0.3, -0.25) is 9.59 Å². The minimum atomic E-state index is -0.482. The van der Waals surface area contributed by atoms with Gasteiger partial charge >= 0.3 is 0 Å². The second-order valence-corrected chi connectivity index (χ2v) is 7.11. The van der Waals surface area contributed by atoms with E-state index in [1.165, 1.54) is 24.0 Å². The Labute approximate surface area is 151 Å². The first-order valence-corrected chi connectivity index (χ1v) is 8.91. The van der Waals surface area contributed by atoms with E-state index >= 15 is 0 Å². The summed E-state index contributed by atoms with van der Waals surface area (Å²) in [6, 6.07) is 11.7. The Morgan fingerprint density at radius 1 is 0.920 bits per heavy atom. The third-order valence-electron chi connectivity index (χ3n) is 4.93. The van der Waals surface area contributed by atoms with E-state index in [4.69, 9.17) is 11.6 Å². The van der Waals surface area contributed by atoms with Gasteiger partial charge in [-0.25, -0.2) is 0 Å². The van der Waals surface area contributed by atoms with Gasteiger partial charge < -0.3 is 5.32 Å². The molecular weight excluding hydrogens is 334 g/mol. The molecule has 1 aliphatic carbocycles. The van der Waals surface area contributed by atoms with Crippen LogP contribution in [0.3, 0.4) is 0 Å². The highest BCUT2D eigenvalue weighted by molar-refractivity contribution is 6.33. The van der Waals surface area contributed by atoms with Crippen molar-refractivity contribution in [2.24, 2.45) is 0 Å². The molecule has 0 unspecified atom stereocenters. The highest BCUT2D eigenvalue weighted by Gasteiger charge is 2.24. The predicted molar refractivity (Wildman–Crippen MR) is 103 cm³/mol. The van der Waals surface area contributed by atoms with Crippen LogP contribution in [-0.4, -0.2) is 0 Å². The van der Waals surface area contributed by atoms with Crippen LogP contribution in [-0.2, 0) is 12.8 Å². The van der Waals surface area contributed by atoms with Crippen LogP contribution in [0.25, 0.3) is 11.1 Å². The first-order chi connectivity index (χ1) is 12.0. The minimum absolute atomic E-state index is 0.339. The molecule has 3 aromatic rings. The van der Waals surface area contributed by atoms with Gasteiger partial charge in [0.1, 0.15) is 5.69 Å². The smallest absolute Gasteiger partial charge is 0.250 e. The number of fused-ring (bicyclic) bond motifs is 1. The number of nitrogens with one attached hydrogen (secondary N) is 1. The standard InChI is InChI=1S/C21H18ClNO2/c1-12-6-9-17(16(22)10-12)23-19-18(20(24)21(19)25)15-8-7-13-4-2-3-5-14(13)11-15/h6-11,23H,2-5H2,1H3. The molecule has 1 N–H and O–H groups in total. The topological polar surface area (TPSA) is 46.2 Å². The number of rotatable bonds is 3. The van der Waals surface area contributed by atoms with E-state index in [1.54, 1.807) is 0 Å². The van der Waals surface area contributed by atoms with Crippen molar-refractivity contribution >= 4 is 23.0 Å². The van der Waals surface area contributed by atoms with Crippen LogP contribution in [0, 0.1) is 6.92 Å². The Morgan fingerprint density at radius 2 is 1.68 bits per heavy atom. The fourth-order valence-corrected chi connectivity index (χ4v) is 3.81. The number of hydrogen-bond acceptors (Lipinski definition) is 3. The van der Waals surface area contributed by atoms with E-state index < -0.39 is 10.9 Å². The highest BCUT2D eigenvalue weighted by Crippen LogP contribution is 2.32. The summed E-state index contributed by atoms with van der Waals surface area (Å²) >= 11 is 6.25. The number of aryl methyl sites for hydroxylation is 3.